The van der Waals surface area contributed by atoms with Crippen LogP contribution in [0.1, 0.15) is 33.1 Å². The van der Waals surface area contributed by atoms with Crippen LogP contribution in [0.2, 0.25) is 0 Å². The molecule has 0 aromatic carbocycles. The molecule has 4 heteroatoms. The average molecular weight is 213 g/mol. The zero-order valence-corrected chi connectivity index (χ0v) is 9.81. The number of carbonyl (C=O) groups excluding carboxylic acids is 1. The molecule has 0 aliphatic carbocycles. The summed E-state index contributed by atoms with van der Waals surface area (Å²) < 4.78 is 0. The molecule has 3 N–H and O–H groups in total. The molecule has 0 bridgehead atoms. The Bertz CT molecular complexity index is 196. The molecule has 1 aliphatic heterocycles. The molecule has 1 aliphatic rings. The van der Waals surface area contributed by atoms with Gasteiger partial charge in [-0.05, 0) is 31.8 Å². The molecule has 2 unspecified atom stereocenters. The van der Waals surface area contributed by atoms with Gasteiger partial charge in [0.1, 0.15) is 0 Å². The zero-order chi connectivity index (χ0) is 11.1. The fourth-order valence-electron chi connectivity index (χ4n) is 1.83. The number of hydrogen-bond donors (Lipinski definition) is 3. The molecule has 0 aromatic rings. The topological polar surface area (TPSA) is 53.2 Å². The maximum absolute atomic E-state index is 11.5. The van der Waals surface area contributed by atoms with Gasteiger partial charge >= 0.3 is 6.03 Å². The highest BCUT2D eigenvalue weighted by Crippen LogP contribution is 2.09. The van der Waals surface area contributed by atoms with Crippen molar-refractivity contribution < 1.29 is 4.79 Å². The van der Waals surface area contributed by atoms with Crippen LogP contribution in [0.3, 0.4) is 0 Å². The smallest absolute Gasteiger partial charge is 0.315 e. The van der Waals surface area contributed by atoms with Gasteiger partial charge in [-0.15, -0.1) is 0 Å². The Labute approximate surface area is 92.2 Å². The average Bonchev–Trinajstić information content (AvgIpc) is 2.22. The molecule has 0 radical (unpaired) electrons. The number of rotatable bonds is 4. The summed E-state index contributed by atoms with van der Waals surface area (Å²) in [7, 11) is 0. The van der Waals surface area contributed by atoms with Crippen LogP contribution in [0.4, 0.5) is 4.79 Å². The van der Waals surface area contributed by atoms with E-state index >= 15 is 0 Å². The predicted molar refractivity (Wildman–Crippen MR) is 61.9 cm³/mol. The van der Waals surface area contributed by atoms with Crippen molar-refractivity contribution in [2.75, 3.05) is 19.6 Å². The molecule has 1 heterocycles. The van der Waals surface area contributed by atoms with Gasteiger partial charge in [-0.1, -0.05) is 20.3 Å². The van der Waals surface area contributed by atoms with E-state index in [-0.39, 0.29) is 6.03 Å². The van der Waals surface area contributed by atoms with E-state index in [1.807, 2.05) is 0 Å². The largest absolute Gasteiger partial charge is 0.338 e. The van der Waals surface area contributed by atoms with Gasteiger partial charge in [0.15, 0.2) is 0 Å². The minimum absolute atomic E-state index is 0.0119. The summed E-state index contributed by atoms with van der Waals surface area (Å²) in [6.07, 6.45) is 3.20. The van der Waals surface area contributed by atoms with Gasteiger partial charge in [-0.25, -0.2) is 4.79 Å². The number of hydrogen-bond acceptors (Lipinski definition) is 2. The molecule has 0 aromatic heterocycles. The Morgan fingerprint density at radius 1 is 1.53 bits per heavy atom. The lowest BCUT2D eigenvalue weighted by Crippen LogP contribution is -2.51. The van der Waals surface area contributed by atoms with Crippen LogP contribution < -0.4 is 16.0 Å². The van der Waals surface area contributed by atoms with Gasteiger partial charge in [-0.2, -0.15) is 0 Å². The highest BCUT2D eigenvalue weighted by atomic mass is 16.2. The minimum atomic E-state index is -0.0119. The van der Waals surface area contributed by atoms with Crippen LogP contribution in [-0.2, 0) is 0 Å². The van der Waals surface area contributed by atoms with E-state index in [1.54, 1.807) is 0 Å². The normalized spacial score (nSPS) is 26.0. The van der Waals surface area contributed by atoms with Crippen molar-refractivity contribution in [2.24, 2.45) is 5.92 Å². The molecular formula is C11H23N3O. The first-order chi connectivity index (χ1) is 7.24. The first-order valence-corrected chi connectivity index (χ1v) is 5.99. The standard InChI is InChI=1S/C11H23N3O/c1-3-4-6-13-11(15)14-10-5-7-12-8-9(10)2/h9-10,12H,3-8H2,1-2H3,(H2,13,14,15). The number of urea groups is 1. The molecule has 1 fully saturated rings. The Morgan fingerprint density at radius 2 is 2.33 bits per heavy atom. The first kappa shape index (κ1) is 12.3. The highest BCUT2D eigenvalue weighted by molar-refractivity contribution is 5.74. The fraction of sp³-hybridized carbons (Fsp3) is 0.909. The van der Waals surface area contributed by atoms with Crippen molar-refractivity contribution in [1.82, 2.24) is 16.0 Å². The van der Waals surface area contributed by atoms with Crippen LogP contribution in [0.15, 0.2) is 0 Å². The second-order valence-electron chi connectivity index (χ2n) is 4.33. The molecule has 0 saturated carbocycles. The van der Waals surface area contributed by atoms with Gasteiger partial charge in [0.2, 0.25) is 0 Å². The summed E-state index contributed by atoms with van der Waals surface area (Å²) in [6.45, 7) is 7.07. The van der Waals surface area contributed by atoms with Crippen molar-refractivity contribution in [3.05, 3.63) is 0 Å². The number of piperidine rings is 1. The SMILES string of the molecule is CCCCNC(=O)NC1CCNCC1C. The van der Waals surface area contributed by atoms with Crippen LogP contribution in [0.25, 0.3) is 0 Å². The minimum Gasteiger partial charge on any atom is -0.338 e. The van der Waals surface area contributed by atoms with Gasteiger partial charge < -0.3 is 16.0 Å². The number of nitrogens with one attached hydrogen (secondary N) is 3. The summed E-state index contributed by atoms with van der Waals surface area (Å²) in [6, 6.07) is 0.315. The molecule has 0 spiro atoms. The van der Waals surface area contributed by atoms with Crippen molar-refractivity contribution in [1.29, 1.82) is 0 Å². The lowest BCUT2D eigenvalue weighted by Gasteiger charge is -2.30. The van der Waals surface area contributed by atoms with Crippen LogP contribution in [0.5, 0.6) is 0 Å². The Hall–Kier alpha value is -0.770. The number of unbranched alkanes of at least 4 members (excludes halogenated alkanes) is 1. The molecule has 88 valence electrons. The third kappa shape index (κ3) is 4.51. The van der Waals surface area contributed by atoms with Crippen molar-refractivity contribution in [3.63, 3.8) is 0 Å². The number of carbonyl (C=O) groups is 1. The molecular weight excluding hydrogens is 190 g/mol. The molecule has 1 rings (SSSR count). The van der Waals surface area contributed by atoms with E-state index in [2.05, 4.69) is 29.8 Å². The summed E-state index contributed by atoms with van der Waals surface area (Å²) in [4.78, 5) is 11.5. The summed E-state index contributed by atoms with van der Waals surface area (Å²) in [5.41, 5.74) is 0. The third-order valence-corrected chi connectivity index (χ3v) is 2.92. The van der Waals surface area contributed by atoms with Crippen molar-refractivity contribution in [3.8, 4) is 0 Å². The molecule has 1 saturated heterocycles. The predicted octanol–water partition coefficient (Wildman–Crippen LogP) is 1.08. The second-order valence-corrected chi connectivity index (χ2v) is 4.33. The van der Waals surface area contributed by atoms with Gasteiger partial charge in [0.05, 0.1) is 0 Å². The van der Waals surface area contributed by atoms with E-state index in [0.717, 1.165) is 38.9 Å². The molecule has 15 heavy (non-hydrogen) atoms. The monoisotopic (exact) mass is 213 g/mol. The van der Waals surface area contributed by atoms with Gasteiger partial charge in [0, 0.05) is 12.6 Å². The number of amides is 2. The molecule has 4 nitrogen and oxygen atoms in total. The van der Waals surface area contributed by atoms with Crippen molar-refractivity contribution >= 4 is 6.03 Å². The summed E-state index contributed by atoms with van der Waals surface area (Å²) in [5.74, 6) is 0.524. The fourth-order valence-corrected chi connectivity index (χ4v) is 1.83. The first-order valence-electron chi connectivity index (χ1n) is 5.99. The quantitative estimate of drug-likeness (QED) is 0.612. The lowest BCUT2D eigenvalue weighted by atomic mass is 9.95. The maximum atomic E-state index is 11.5. The van der Waals surface area contributed by atoms with E-state index < -0.39 is 0 Å². The highest BCUT2D eigenvalue weighted by Gasteiger charge is 2.22. The maximum Gasteiger partial charge on any atom is 0.315 e. The van der Waals surface area contributed by atoms with Gasteiger partial charge in [-0.3, -0.25) is 0 Å². The van der Waals surface area contributed by atoms with Crippen LogP contribution in [-0.4, -0.2) is 31.7 Å². The van der Waals surface area contributed by atoms with E-state index in [0.29, 0.717) is 12.0 Å². The summed E-state index contributed by atoms with van der Waals surface area (Å²) in [5, 5.41) is 9.24. The molecule has 2 amide bonds. The third-order valence-electron chi connectivity index (χ3n) is 2.92. The Morgan fingerprint density at radius 3 is 3.00 bits per heavy atom. The molecule has 2 atom stereocenters. The second kappa shape index (κ2) is 6.67. The van der Waals surface area contributed by atoms with E-state index in [9.17, 15) is 4.79 Å². The Balaban J connectivity index is 2.18. The van der Waals surface area contributed by atoms with E-state index in [1.165, 1.54) is 0 Å². The zero-order valence-electron chi connectivity index (χ0n) is 9.81. The Kier molecular flexibility index (Phi) is 5.47. The lowest BCUT2D eigenvalue weighted by molar-refractivity contribution is 0.224. The van der Waals surface area contributed by atoms with Gasteiger partial charge in [0.25, 0.3) is 0 Å². The van der Waals surface area contributed by atoms with Crippen LogP contribution >= 0.6 is 0 Å². The summed E-state index contributed by atoms with van der Waals surface area (Å²) >= 11 is 0. The van der Waals surface area contributed by atoms with Crippen LogP contribution in [0, 0.1) is 5.92 Å². The van der Waals surface area contributed by atoms with Crippen molar-refractivity contribution in [2.45, 2.75) is 39.2 Å². The van der Waals surface area contributed by atoms with E-state index in [4.69, 9.17) is 0 Å².